The van der Waals surface area contributed by atoms with Gasteiger partial charge in [0, 0.05) is 30.8 Å². The maximum atomic E-state index is 12.2. The molecule has 1 aromatic carbocycles. The molecule has 1 aliphatic heterocycles. The predicted molar refractivity (Wildman–Crippen MR) is 117 cm³/mol. The average Bonchev–Trinajstić information content (AvgIpc) is 3.28. The molecule has 0 radical (unpaired) electrons. The summed E-state index contributed by atoms with van der Waals surface area (Å²) in [6.45, 7) is 4.68. The van der Waals surface area contributed by atoms with E-state index in [0.717, 1.165) is 42.9 Å². The van der Waals surface area contributed by atoms with Crippen LogP contribution >= 0.6 is 0 Å². The lowest BCUT2D eigenvalue weighted by Gasteiger charge is -2.31. The van der Waals surface area contributed by atoms with Gasteiger partial charge < -0.3 is 15.5 Å². The maximum absolute atomic E-state index is 12.2. The third-order valence-electron chi connectivity index (χ3n) is 6.06. The Morgan fingerprint density at radius 1 is 1.23 bits per heavy atom. The molecule has 4 rings (SSSR count). The molecule has 1 saturated carbocycles. The summed E-state index contributed by atoms with van der Waals surface area (Å²) in [7, 11) is 0. The van der Waals surface area contributed by atoms with Gasteiger partial charge in [-0.15, -0.1) is 0 Å². The Hall–Kier alpha value is -2.86. The fourth-order valence-corrected chi connectivity index (χ4v) is 4.10. The smallest absolute Gasteiger partial charge is 0.248 e. The van der Waals surface area contributed by atoms with Crippen LogP contribution in [0.3, 0.4) is 0 Å². The van der Waals surface area contributed by atoms with Crippen molar-refractivity contribution in [2.75, 3.05) is 18.4 Å². The zero-order chi connectivity index (χ0) is 21.1. The van der Waals surface area contributed by atoms with Gasteiger partial charge in [-0.2, -0.15) is 0 Å². The highest BCUT2D eigenvalue weighted by Gasteiger charge is 2.36. The molecule has 3 atom stereocenters. The molecule has 1 aromatic heterocycles. The van der Waals surface area contributed by atoms with Crippen LogP contribution in [0.25, 0.3) is 6.08 Å². The molecule has 0 bridgehead atoms. The van der Waals surface area contributed by atoms with E-state index in [1.165, 1.54) is 12.5 Å². The van der Waals surface area contributed by atoms with Crippen LogP contribution in [0.5, 0.6) is 0 Å². The van der Waals surface area contributed by atoms with Crippen molar-refractivity contribution in [2.45, 2.75) is 38.6 Å². The minimum atomic E-state index is -0.210. The first-order valence-corrected chi connectivity index (χ1v) is 10.7. The Balaban J connectivity index is 1.27. The Kier molecular flexibility index (Phi) is 6.04. The van der Waals surface area contributed by atoms with E-state index >= 15 is 0 Å². The summed E-state index contributed by atoms with van der Waals surface area (Å²) < 4.78 is 5.79. The van der Waals surface area contributed by atoms with Crippen LogP contribution in [0.1, 0.15) is 49.2 Å². The second-order valence-corrected chi connectivity index (χ2v) is 8.56. The fourth-order valence-electron chi connectivity index (χ4n) is 4.10. The third kappa shape index (κ3) is 5.19. The molecule has 1 aliphatic carbocycles. The number of benzene rings is 1. The summed E-state index contributed by atoms with van der Waals surface area (Å²) >= 11 is 0. The molecule has 6 nitrogen and oxygen atoms in total. The number of nitrogens with two attached hydrogens (primary N) is 1. The lowest BCUT2D eigenvalue weighted by molar-refractivity contribution is -0.123. The van der Waals surface area contributed by atoms with Gasteiger partial charge in [0.1, 0.15) is 11.5 Å². The number of primary amides is 1. The Bertz CT molecular complexity index is 931. The van der Waals surface area contributed by atoms with Gasteiger partial charge in [0.05, 0.1) is 5.92 Å². The SMILES string of the molecule is CC1CC1c1ccc(/C=C/C(=O)Nc2ccc(CN3CCCC(C(N)=O)C3)cc2)o1. The van der Waals surface area contributed by atoms with E-state index in [9.17, 15) is 9.59 Å². The lowest BCUT2D eigenvalue weighted by atomic mass is 9.97. The van der Waals surface area contributed by atoms with Crippen molar-refractivity contribution >= 4 is 23.6 Å². The van der Waals surface area contributed by atoms with Crippen LogP contribution in [-0.4, -0.2) is 29.8 Å². The zero-order valence-electron chi connectivity index (χ0n) is 17.3. The van der Waals surface area contributed by atoms with Crippen LogP contribution in [0.4, 0.5) is 5.69 Å². The zero-order valence-corrected chi connectivity index (χ0v) is 17.3. The van der Waals surface area contributed by atoms with Gasteiger partial charge in [-0.1, -0.05) is 19.1 Å². The van der Waals surface area contributed by atoms with Gasteiger partial charge in [-0.3, -0.25) is 14.5 Å². The summed E-state index contributed by atoms with van der Waals surface area (Å²) in [5.41, 5.74) is 7.35. The highest BCUT2D eigenvalue weighted by atomic mass is 16.3. The second-order valence-electron chi connectivity index (χ2n) is 8.56. The maximum Gasteiger partial charge on any atom is 0.248 e. The highest BCUT2D eigenvalue weighted by molar-refractivity contribution is 6.01. The van der Waals surface area contributed by atoms with Crippen LogP contribution in [0, 0.1) is 11.8 Å². The number of carbonyl (C=O) groups excluding carboxylic acids is 2. The molecule has 2 aliphatic rings. The largest absolute Gasteiger partial charge is 0.461 e. The molecule has 2 fully saturated rings. The van der Waals surface area contributed by atoms with E-state index < -0.39 is 0 Å². The fraction of sp³-hybridized carbons (Fsp3) is 0.417. The first kappa shape index (κ1) is 20.4. The second kappa shape index (κ2) is 8.88. The number of furan rings is 1. The van der Waals surface area contributed by atoms with Crippen LogP contribution in [0.15, 0.2) is 46.9 Å². The summed E-state index contributed by atoms with van der Waals surface area (Å²) in [6, 6.07) is 11.7. The number of anilines is 1. The summed E-state index contributed by atoms with van der Waals surface area (Å²) in [6.07, 6.45) is 6.24. The minimum Gasteiger partial charge on any atom is -0.461 e. The number of carbonyl (C=O) groups is 2. The molecule has 6 heteroatoms. The monoisotopic (exact) mass is 407 g/mol. The summed E-state index contributed by atoms with van der Waals surface area (Å²) in [5, 5.41) is 2.87. The molecule has 2 amide bonds. The lowest BCUT2D eigenvalue weighted by Crippen LogP contribution is -2.40. The standard InChI is InChI=1S/C24H29N3O3/c1-16-13-21(16)22-10-8-20(30-22)9-11-23(28)26-19-6-4-17(5-7-19)14-27-12-2-3-18(15-27)24(25)29/h4-11,16,18,21H,2-3,12-15H2,1H3,(H2,25,29)(H,26,28)/b11-9+. The third-order valence-corrected chi connectivity index (χ3v) is 6.06. The van der Waals surface area contributed by atoms with Crippen LogP contribution in [-0.2, 0) is 16.1 Å². The number of hydrogen-bond donors (Lipinski definition) is 2. The van der Waals surface area contributed by atoms with Gasteiger partial charge in [-0.05, 0) is 67.6 Å². The summed E-state index contributed by atoms with van der Waals surface area (Å²) in [5.74, 6) is 2.48. The molecule has 2 aromatic rings. The molecular weight excluding hydrogens is 378 g/mol. The molecule has 30 heavy (non-hydrogen) atoms. The molecule has 3 N–H and O–H groups in total. The topological polar surface area (TPSA) is 88.6 Å². The van der Waals surface area contributed by atoms with Gasteiger partial charge >= 0.3 is 0 Å². The summed E-state index contributed by atoms with van der Waals surface area (Å²) in [4.78, 5) is 25.9. The molecular formula is C24H29N3O3. The molecule has 1 saturated heterocycles. The van der Waals surface area contributed by atoms with Gasteiger partial charge in [0.25, 0.3) is 0 Å². The Labute approximate surface area is 177 Å². The van der Waals surface area contributed by atoms with Crippen molar-refractivity contribution in [3.05, 3.63) is 59.6 Å². The Morgan fingerprint density at radius 3 is 2.70 bits per heavy atom. The van der Waals surface area contributed by atoms with Gasteiger partial charge in [-0.25, -0.2) is 0 Å². The number of likely N-dealkylation sites (tertiary alicyclic amines) is 1. The van der Waals surface area contributed by atoms with Gasteiger partial charge in [0.15, 0.2) is 0 Å². The van der Waals surface area contributed by atoms with Crippen molar-refractivity contribution in [2.24, 2.45) is 17.6 Å². The quantitative estimate of drug-likeness (QED) is 0.684. The Morgan fingerprint density at radius 2 is 2.00 bits per heavy atom. The molecule has 2 heterocycles. The van der Waals surface area contributed by atoms with E-state index in [2.05, 4.69) is 17.1 Å². The first-order valence-electron chi connectivity index (χ1n) is 10.7. The van der Waals surface area contributed by atoms with E-state index in [0.29, 0.717) is 24.1 Å². The van der Waals surface area contributed by atoms with E-state index in [4.69, 9.17) is 10.2 Å². The van der Waals surface area contributed by atoms with Crippen molar-refractivity contribution in [3.63, 3.8) is 0 Å². The van der Waals surface area contributed by atoms with Crippen LogP contribution < -0.4 is 11.1 Å². The minimum absolute atomic E-state index is 0.0537. The molecule has 3 unspecified atom stereocenters. The van der Waals surface area contributed by atoms with Crippen molar-refractivity contribution in [3.8, 4) is 0 Å². The predicted octanol–water partition coefficient (Wildman–Crippen LogP) is 3.75. The average molecular weight is 408 g/mol. The van der Waals surface area contributed by atoms with Gasteiger partial charge in [0.2, 0.25) is 11.8 Å². The van der Waals surface area contributed by atoms with Crippen molar-refractivity contribution in [1.29, 1.82) is 0 Å². The van der Waals surface area contributed by atoms with E-state index in [1.807, 2.05) is 36.4 Å². The highest BCUT2D eigenvalue weighted by Crippen LogP contribution is 2.47. The van der Waals surface area contributed by atoms with E-state index in [-0.39, 0.29) is 17.7 Å². The normalized spacial score (nSPS) is 24.1. The van der Waals surface area contributed by atoms with Crippen molar-refractivity contribution < 1.29 is 14.0 Å². The first-order chi connectivity index (χ1) is 14.5. The number of nitrogens with one attached hydrogen (secondary N) is 1. The number of piperidine rings is 1. The van der Waals surface area contributed by atoms with E-state index in [1.54, 1.807) is 6.08 Å². The molecule has 158 valence electrons. The van der Waals surface area contributed by atoms with Crippen molar-refractivity contribution in [1.82, 2.24) is 4.90 Å². The number of amides is 2. The number of rotatable bonds is 7. The molecule has 0 spiro atoms. The number of hydrogen-bond acceptors (Lipinski definition) is 4. The number of nitrogens with zero attached hydrogens (tertiary/aromatic N) is 1. The van der Waals surface area contributed by atoms with Crippen LogP contribution in [0.2, 0.25) is 0 Å².